The zero-order valence-corrected chi connectivity index (χ0v) is 9.23. The third-order valence-corrected chi connectivity index (χ3v) is 2.51. The number of rotatable bonds is 4. The second kappa shape index (κ2) is 5.36. The Bertz CT molecular complexity index is 289. The van der Waals surface area contributed by atoms with Crippen LogP contribution in [0.3, 0.4) is 0 Å². The fourth-order valence-electron chi connectivity index (χ4n) is 0.846. The average Bonchev–Trinajstić information content (AvgIpc) is 2.08. The molecule has 1 atom stereocenters. The molecule has 0 aromatic heterocycles. The molecule has 0 aliphatic heterocycles. The van der Waals surface area contributed by atoms with Crippen LogP contribution in [-0.2, 0) is 11.1 Å². The third-order valence-electron chi connectivity index (χ3n) is 1.44. The fourth-order valence-corrected chi connectivity index (χ4v) is 1.38. The van der Waals surface area contributed by atoms with Gasteiger partial charge in [0, 0.05) is 22.5 Å². The minimum absolute atomic E-state index is 0.135. The number of benzene rings is 1. The lowest BCUT2D eigenvalue weighted by Crippen LogP contribution is -2.09. The molecule has 0 radical (unpaired) electrons. The lowest BCUT2D eigenvalue weighted by atomic mass is 10.3. The Kier molecular flexibility index (Phi) is 4.41. The smallest absolute Gasteiger partial charge is 0.0341 e. The fraction of sp³-hybridized carbons (Fsp3) is 0.250. The molecule has 0 bridgehead atoms. The molecule has 13 heavy (non-hydrogen) atoms. The molecule has 5 heteroatoms. The first-order chi connectivity index (χ1) is 6.18. The van der Waals surface area contributed by atoms with Crippen LogP contribution in [0.5, 0.6) is 0 Å². The molecule has 0 aliphatic carbocycles. The molecular weight excluding hydrogens is 254 g/mol. The second-order valence-electron chi connectivity index (χ2n) is 2.44. The SMILES string of the molecule is O=S([O-])CCNc1ccc(Br)cc1. The molecule has 0 saturated carbocycles. The van der Waals surface area contributed by atoms with E-state index >= 15 is 0 Å². The largest absolute Gasteiger partial charge is 0.772 e. The summed E-state index contributed by atoms with van der Waals surface area (Å²) in [5.74, 6) is 0.135. The molecule has 0 amide bonds. The summed E-state index contributed by atoms with van der Waals surface area (Å²) in [6.07, 6.45) is 0. The van der Waals surface area contributed by atoms with Gasteiger partial charge in [-0.1, -0.05) is 27.0 Å². The highest BCUT2D eigenvalue weighted by Crippen LogP contribution is 2.13. The van der Waals surface area contributed by atoms with Crippen LogP contribution < -0.4 is 5.32 Å². The Morgan fingerprint density at radius 3 is 2.54 bits per heavy atom. The summed E-state index contributed by atoms with van der Waals surface area (Å²) in [5.41, 5.74) is 0.925. The summed E-state index contributed by atoms with van der Waals surface area (Å²) in [7, 11) is 0. The van der Waals surface area contributed by atoms with E-state index < -0.39 is 11.1 Å². The quantitative estimate of drug-likeness (QED) is 0.842. The van der Waals surface area contributed by atoms with Gasteiger partial charge in [0.15, 0.2) is 0 Å². The van der Waals surface area contributed by atoms with E-state index in [-0.39, 0.29) is 5.75 Å². The van der Waals surface area contributed by atoms with Gasteiger partial charge in [-0.15, -0.1) is 0 Å². The van der Waals surface area contributed by atoms with Gasteiger partial charge in [0.1, 0.15) is 0 Å². The summed E-state index contributed by atoms with van der Waals surface area (Å²) in [6.45, 7) is 0.442. The molecule has 0 saturated heterocycles. The first-order valence-electron chi connectivity index (χ1n) is 3.74. The van der Waals surface area contributed by atoms with Crippen molar-refractivity contribution in [1.82, 2.24) is 0 Å². The Hall–Kier alpha value is -0.390. The van der Waals surface area contributed by atoms with Gasteiger partial charge in [-0.2, -0.15) is 0 Å². The normalized spacial score (nSPS) is 12.5. The Morgan fingerprint density at radius 1 is 1.38 bits per heavy atom. The van der Waals surface area contributed by atoms with E-state index in [0.29, 0.717) is 6.54 Å². The van der Waals surface area contributed by atoms with Gasteiger partial charge in [0.05, 0.1) is 0 Å². The van der Waals surface area contributed by atoms with Crippen LogP contribution >= 0.6 is 15.9 Å². The van der Waals surface area contributed by atoms with Crippen molar-refractivity contribution in [2.45, 2.75) is 0 Å². The molecular formula is C8H9BrNO2S-. The predicted octanol–water partition coefficient (Wildman–Crippen LogP) is 1.74. The first kappa shape index (κ1) is 10.7. The van der Waals surface area contributed by atoms with Crippen LogP contribution in [0.15, 0.2) is 28.7 Å². The minimum atomic E-state index is -1.97. The van der Waals surface area contributed by atoms with Crippen LogP contribution in [0.25, 0.3) is 0 Å². The van der Waals surface area contributed by atoms with E-state index in [0.717, 1.165) is 10.2 Å². The van der Waals surface area contributed by atoms with Crippen LogP contribution in [0.2, 0.25) is 0 Å². The summed E-state index contributed by atoms with van der Waals surface area (Å²) in [4.78, 5) is 0. The Labute approximate surface area is 88.0 Å². The third kappa shape index (κ3) is 4.40. The number of nitrogens with one attached hydrogen (secondary N) is 1. The van der Waals surface area contributed by atoms with Crippen molar-refractivity contribution in [3.8, 4) is 0 Å². The zero-order chi connectivity index (χ0) is 9.68. The highest BCUT2D eigenvalue weighted by atomic mass is 79.9. The number of halogens is 1. The molecule has 0 heterocycles. The highest BCUT2D eigenvalue weighted by Gasteiger charge is 1.90. The maximum absolute atomic E-state index is 10.2. The van der Waals surface area contributed by atoms with Crippen molar-refractivity contribution in [3.63, 3.8) is 0 Å². The van der Waals surface area contributed by atoms with Crippen molar-refractivity contribution in [3.05, 3.63) is 28.7 Å². The van der Waals surface area contributed by atoms with Crippen LogP contribution in [0.1, 0.15) is 0 Å². The molecule has 72 valence electrons. The second-order valence-corrected chi connectivity index (χ2v) is 4.37. The standard InChI is InChI=1S/C8H10BrNO2S/c9-7-1-3-8(4-2-7)10-5-6-13(11)12/h1-4,10H,5-6H2,(H,11,12)/p-1. The molecule has 3 nitrogen and oxygen atoms in total. The zero-order valence-electron chi connectivity index (χ0n) is 6.83. The maximum Gasteiger partial charge on any atom is 0.0341 e. The number of hydrogen-bond donors (Lipinski definition) is 1. The van der Waals surface area contributed by atoms with Crippen molar-refractivity contribution in [2.75, 3.05) is 17.6 Å². The number of hydrogen-bond acceptors (Lipinski definition) is 3. The Balaban J connectivity index is 2.37. The molecule has 1 N–H and O–H groups in total. The average molecular weight is 263 g/mol. The summed E-state index contributed by atoms with van der Waals surface area (Å²) in [6, 6.07) is 7.57. The molecule has 1 aromatic rings. The van der Waals surface area contributed by atoms with Gasteiger partial charge in [-0.25, -0.2) is 0 Å². The topological polar surface area (TPSA) is 52.2 Å². The molecule has 1 aromatic carbocycles. The lowest BCUT2D eigenvalue weighted by molar-refractivity contribution is 0.537. The van der Waals surface area contributed by atoms with Gasteiger partial charge < -0.3 is 9.87 Å². The lowest BCUT2D eigenvalue weighted by Gasteiger charge is -2.07. The van der Waals surface area contributed by atoms with Crippen LogP contribution in [0.4, 0.5) is 5.69 Å². The monoisotopic (exact) mass is 262 g/mol. The molecule has 0 fully saturated rings. The summed E-state index contributed by atoms with van der Waals surface area (Å²) >= 11 is 1.35. The van der Waals surface area contributed by atoms with Crippen molar-refractivity contribution in [2.24, 2.45) is 0 Å². The van der Waals surface area contributed by atoms with E-state index in [1.165, 1.54) is 0 Å². The van der Waals surface area contributed by atoms with E-state index in [1.807, 2.05) is 24.3 Å². The Morgan fingerprint density at radius 2 is 2.00 bits per heavy atom. The van der Waals surface area contributed by atoms with Gasteiger partial charge in [0.25, 0.3) is 0 Å². The van der Waals surface area contributed by atoms with Crippen LogP contribution in [-0.4, -0.2) is 21.1 Å². The van der Waals surface area contributed by atoms with E-state index in [1.54, 1.807) is 0 Å². The van der Waals surface area contributed by atoms with E-state index in [9.17, 15) is 8.76 Å². The highest BCUT2D eigenvalue weighted by molar-refractivity contribution is 9.10. The molecule has 1 rings (SSSR count). The van der Waals surface area contributed by atoms with Gasteiger partial charge >= 0.3 is 0 Å². The van der Waals surface area contributed by atoms with Crippen LogP contribution in [0, 0.1) is 0 Å². The minimum Gasteiger partial charge on any atom is -0.772 e. The van der Waals surface area contributed by atoms with Crippen molar-refractivity contribution < 1.29 is 8.76 Å². The predicted molar refractivity (Wildman–Crippen MR) is 56.4 cm³/mol. The summed E-state index contributed by atoms with van der Waals surface area (Å²) in [5, 5.41) is 2.99. The molecule has 0 aliphatic rings. The number of anilines is 1. The van der Waals surface area contributed by atoms with Gasteiger partial charge in [-0.3, -0.25) is 4.21 Å². The molecule has 0 spiro atoms. The van der Waals surface area contributed by atoms with Gasteiger partial charge in [-0.05, 0) is 24.3 Å². The van der Waals surface area contributed by atoms with Gasteiger partial charge in [0.2, 0.25) is 0 Å². The molecule has 1 unspecified atom stereocenters. The van der Waals surface area contributed by atoms with Crippen molar-refractivity contribution in [1.29, 1.82) is 0 Å². The van der Waals surface area contributed by atoms with E-state index in [4.69, 9.17) is 0 Å². The van der Waals surface area contributed by atoms with E-state index in [2.05, 4.69) is 21.2 Å². The maximum atomic E-state index is 10.2. The van der Waals surface area contributed by atoms with Crippen molar-refractivity contribution >= 4 is 32.7 Å². The first-order valence-corrected chi connectivity index (χ1v) is 5.77. The summed E-state index contributed by atoms with van der Waals surface area (Å²) < 4.78 is 21.4.